The monoisotopic (exact) mass is 317 g/mol. The number of benzene rings is 1. The predicted octanol–water partition coefficient (Wildman–Crippen LogP) is 3.27. The van der Waals surface area contributed by atoms with Crippen molar-refractivity contribution in [2.45, 2.75) is 12.3 Å². The molecule has 1 aromatic heterocycles. The minimum Gasteiger partial charge on any atom is -0.497 e. The van der Waals surface area contributed by atoms with Crippen LogP contribution in [0.15, 0.2) is 28.8 Å². The summed E-state index contributed by atoms with van der Waals surface area (Å²) in [4.78, 5) is 10.4. The maximum Gasteiger partial charge on any atom is 0.374 e. The highest BCUT2D eigenvalue weighted by molar-refractivity contribution is 6.33. The van der Waals surface area contributed by atoms with Gasteiger partial charge in [-0.2, -0.15) is 8.78 Å². The van der Waals surface area contributed by atoms with E-state index in [1.165, 1.54) is 7.11 Å². The summed E-state index contributed by atoms with van der Waals surface area (Å²) in [5.74, 6) is -5.51. The van der Waals surface area contributed by atoms with Crippen LogP contribution in [0.25, 0.3) is 11.3 Å². The molecular weight excluding hydrogens is 308 g/mol. The minimum atomic E-state index is -3.96. The van der Waals surface area contributed by atoms with Gasteiger partial charge in [-0.15, -0.1) is 0 Å². The number of alkyl halides is 2. The molecule has 0 radical (unpaired) electrons. The highest BCUT2D eigenvalue weighted by Gasteiger charge is 2.41. The van der Waals surface area contributed by atoms with E-state index < -0.39 is 18.3 Å². The Kier molecular flexibility index (Phi) is 4.13. The Morgan fingerprint density at radius 1 is 1.43 bits per heavy atom. The van der Waals surface area contributed by atoms with Gasteiger partial charge < -0.3 is 14.4 Å². The highest BCUT2D eigenvalue weighted by Crippen LogP contribution is 2.34. The summed E-state index contributed by atoms with van der Waals surface area (Å²) in [6, 6.07) is 6.51. The molecule has 0 saturated carbocycles. The van der Waals surface area contributed by atoms with Crippen LogP contribution < -0.4 is 4.74 Å². The van der Waals surface area contributed by atoms with E-state index in [-0.39, 0.29) is 16.5 Å². The molecule has 0 saturated heterocycles. The van der Waals surface area contributed by atoms with Gasteiger partial charge in [0.2, 0.25) is 0 Å². The second-order valence-electron chi connectivity index (χ2n) is 4.19. The van der Waals surface area contributed by atoms with Gasteiger partial charge in [-0.1, -0.05) is 16.8 Å². The van der Waals surface area contributed by atoms with Gasteiger partial charge in [0, 0.05) is 5.56 Å². The molecule has 8 heteroatoms. The normalized spacial score (nSPS) is 11.4. The van der Waals surface area contributed by atoms with Gasteiger partial charge in [-0.25, -0.2) is 4.79 Å². The van der Waals surface area contributed by atoms with E-state index in [0.29, 0.717) is 11.3 Å². The summed E-state index contributed by atoms with van der Waals surface area (Å²) < 4.78 is 36.3. The third-order valence-corrected chi connectivity index (χ3v) is 3.14. The Bertz CT molecular complexity index is 655. The SMILES string of the molecule is COc1ccc(-c2onc(CC(F)(F)C(=O)O)c2Cl)cc1. The van der Waals surface area contributed by atoms with Gasteiger partial charge in [0.05, 0.1) is 13.5 Å². The van der Waals surface area contributed by atoms with E-state index in [1.54, 1.807) is 24.3 Å². The van der Waals surface area contributed by atoms with Crippen LogP contribution in [-0.4, -0.2) is 29.3 Å². The quantitative estimate of drug-likeness (QED) is 0.916. The first-order valence-corrected chi connectivity index (χ1v) is 6.12. The summed E-state index contributed by atoms with van der Waals surface area (Å²) in [6.07, 6.45) is -1.14. The molecule has 0 aliphatic rings. The first kappa shape index (κ1) is 15.2. The second kappa shape index (κ2) is 5.69. The van der Waals surface area contributed by atoms with Crippen LogP contribution in [0.2, 0.25) is 5.02 Å². The summed E-state index contributed by atoms with van der Waals surface area (Å²) in [5.41, 5.74) is 0.202. The number of carboxylic acids is 1. The molecule has 112 valence electrons. The van der Waals surface area contributed by atoms with Crippen molar-refractivity contribution in [2.75, 3.05) is 7.11 Å². The molecule has 1 N–H and O–H groups in total. The third-order valence-electron chi connectivity index (χ3n) is 2.75. The maximum absolute atomic E-state index is 13.2. The molecule has 0 bridgehead atoms. The molecule has 1 heterocycles. The van der Waals surface area contributed by atoms with Crippen LogP contribution in [0.3, 0.4) is 0 Å². The lowest BCUT2D eigenvalue weighted by atomic mass is 10.1. The molecule has 1 aromatic carbocycles. The number of methoxy groups -OCH3 is 1. The lowest BCUT2D eigenvalue weighted by molar-refractivity contribution is -0.164. The molecule has 0 amide bonds. The van der Waals surface area contributed by atoms with Crippen LogP contribution in [0.5, 0.6) is 5.75 Å². The number of aromatic nitrogens is 1. The largest absolute Gasteiger partial charge is 0.497 e. The first-order chi connectivity index (χ1) is 9.85. The maximum atomic E-state index is 13.2. The van der Waals surface area contributed by atoms with E-state index in [0.717, 1.165) is 0 Å². The van der Waals surface area contributed by atoms with E-state index >= 15 is 0 Å². The minimum absolute atomic E-state index is 0.0931. The first-order valence-electron chi connectivity index (χ1n) is 5.75. The zero-order chi connectivity index (χ0) is 15.6. The van der Waals surface area contributed by atoms with Gasteiger partial charge in [0.1, 0.15) is 16.5 Å². The number of carbonyl (C=O) groups is 1. The van der Waals surface area contributed by atoms with Crippen molar-refractivity contribution < 1.29 is 27.9 Å². The average Bonchev–Trinajstić information content (AvgIpc) is 2.80. The Morgan fingerprint density at radius 2 is 2.05 bits per heavy atom. The topological polar surface area (TPSA) is 72.6 Å². The van der Waals surface area contributed by atoms with Crippen molar-refractivity contribution in [1.82, 2.24) is 5.16 Å². The molecule has 2 aromatic rings. The second-order valence-corrected chi connectivity index (χ2v) is 4.57. The van der Waals surface area contributed by atoms with Crippen molar-refractivity contribution in [3.63, 3.8) is 0 Å². The molecule has 0 spiro atoms. The molecule has 0 atom stereocenters. The molecular formula is C13H10ClF2NO4. The van der Waals surface area contributed by atoms with Crippen LogP contribution in [0.4, 0.5) is 8.78 Å². The number of hydrogen-bond acceptors (Lipinski definition) is 4. The molecule has 0 fully saturated rings. The molecule has 0 aliphatic heterocycles. The van der Waals surface area contributed by atoms with Gasteiger partial charge in [-0.05, 0) is 24.3 Å². The Balaban J connectivity index is 2.30. The smallest absolute Gasteiger partial charge is 0.374 e. The summed E-state index contributed by atoms with van der Waals surface area (Å²) >= 11 is 5.93. The van der Waals surface area contributed by atoms with Crippen molar-refractivity contribution >= 4 is 17.6 Å². The number of aliphatic carboxylic acids is 1. The van der Waals surface area contributed by atoms with Gasteiger partial charge in [0.15, 0.2) is 5.76 Å². The number of nitrogens with zero attached hydrogens (tertiary/aromatic N) is 1. The lowest BCUT2D eigenvalue weighted by Gasteiger charge is -2.08. The average molecular weight is 318 g/mol. The number of rotatable bonds is 5. The predicted molar refractivity (Wildman–Crippen MR) is 69.8 cm³/mol. The molecule has 21 heavy (non-hydrogen) atoms. The zero-order valence-electron chi connectivity index (χ0n) is 10.8. The lowest BCUT2D eigenvalue weighted by Crippen LogP contribution is -2.30. The Hall–Kier alpha value is -2.15. The van der Waals surface area contributed by atoms with E-state index in [2.05, 4.69) is 5.16 Å². The van der Waals surface area contributed by atoms with Crippen molar-refractivity contribution in [1.29, 1.82) is 0 Å². The standard InChI is InChI=1S/C13H10ClF2NO4/c1-20-8-4-2-7(3-5-8)11-10(14)9(17-21-11)6-13(15,16)12(18)19/h2-5H,6H2,1H3,(H,18,19). The highest BCUT2D eigenvalue weighted by atomic mass is 35.5. The van der Waals surface area contributed by atoms with Crippen LogP contribution in [-0.2, 0) is 11.2 Å². The van der Waals surface area contributed by atoms with Crippen molar-refractivity contribution in [2.24, 2.45) is 0 Å². The van der Waals surface area contributed by atoms with Crippen LogP contribution in [0, 0.1) is 0 Å². The fourth-order valence-corrected chi connectivity index (χ4v) is 1.87. The Morgan fingerprint density at radius 3 is 2.57 bits per heavy atom. The fourth-order valence-electron chi connectivity index (χ4n) is 1.63. The Labute approximate surface area is 123 Å². The number of halogens is 3. The number of hydrogen-bond donors (Lipinski definition) is 1. The molecule has 0 aliphatic carbocycles. The zero-order valence-corrected chi connectivity index (χ0v) is 11.5. The van der Waals surface area contributed by atoms with Crippen LogP contribution >= 0.6 is 11.6 Å². The number of ether oxygens (including phenoxy) is 1. The van der Waals surface area contributed by atoms with E-state index in [4.69, 9.17) is 26.0 Å². The van der Waals surface area contributed by atoms with Crippen molar-refractivity contribution in [3.05, 3.63) is 35.0 Å². The van der Waals surface area contributed by atoms with Gasteiger partial charge in [-0.3, -0.25) is 0 Å². The third kappa shape index (κ3) is 3.13. The fraction of sp³-hybridized carbons (Fsp3) is 0.231. The van der Waals surface area contributed by atoms with E-state index in [1.807, 2.05) is 0 Å². The summed E-state index contributed by atoms with van der Waals surface area (Å²) in [7, 11) is 1.50. The van der Waals surface area contributed by atoms with Crippen LogP contribution in [0.1, 0.15) is 5.69 Å². The summed E-state index contributed by atoms with van der Waals surface area (Å²) in [6.45, 7) is 0. The van der Waals surface area contributed by atoms with E-state index in [9.17, 15) is 13.6 Å². The van der Waals surface area contributed by atoms with Gasteiger partial charge in [0.25, 0.3) is 0 Å². The number of carboxylic acid groups (broad SMARTS) is 1. The molecule has 5 nitrogen and oxygen atoms in total. The summed E-state index contributed by atoms with van der Waals surface area (Å²) in [5, 5.41) is 11.7. The molecule has 0 unspecified atom stereocenters. The van der Waals surface area contributed by atoms with Gasteiger partial charge >= 0.3 is 11.9 Å². The van der Waals surface area contributed by atoms with Crippen molar-refractivity contribution in [3.8, 4) is 17.1 Å². The molecule has 2 rings (SSSR count).